The first-order valence-electron chi connectivity index (χ1n) is 4.97. The van der Waals surface area contributed by atoms with Gasteiger partial charge in [0.15, 0.2) is 0 Å². The van der Waals surface area contributed by atoms with Crippen LogP contribution < -0.4 is 0 Å². The van der Waals surface area contributed by atoms with E-state index >= 15 is 0 Å². The van der Waals surface area contributed by atoms with Crippen LogP contribution in [0.3, 0.4) is 0 Å². The Morgan fingerprint density at radius 1 is 1.25 bits per heavy atom. The first-order chi connectivity index (χ1) is 5.68. The van der Waals surface area contributed by atoms with Crippen molar-refractivity contribution in [3.8, 4) is 0 Å². The van der Waals surface area contributed by atoms with Gasteiger partial charge in [-0.25, -0.2) is 0 Å². The van der Waals surface area contributed by atoms with Crippen molar-refractivity contribution >= 4 is 5.91 Å². The smallest absolute Gasteiger partial charge is 0.219 e. The first-order valence-corrected chi connectivity index (χ1v) is 4.97. The summed E-state index contributed by atoms with van der Waals surface area (Å²) in [6.45, 7) is 4.02. The molecule has 2 aliphatic rings. The summed E-state index contributed by atoms with van der Waals surface area (Å²) in [6.07, 6.45) is 4.95. The normalized spacial score (nSPS) is 40.2. The highest BCUT2D eigenvalue weighted by Gasteiger charge is 2.40. The van der Waals surface area contributed by atoms with Crippen molar-refractivity contribution in [2.45, 2.75) is 51.6 Å². The number of amides is 1. The molecule has 12 heavy (non-hydrogen) atoms. The number of hydrogen-bond donors (Lipinski definition) is 0. The zero-order valence-electron chi connectivity index (χ0n) is 7.92. The molecule has 2 heterocycles. The fraction of sp³-hybridized carbons (Fsp3) is 0.900. The van der Waals surface area contributed by atoms with E-state index < -0.39 is 0 Å². The van der Waals surface area contributed by atoms with Crippen LogP contribution in [0.2, 0.25) is 0 Å². The number of carbonyl (C=O) groups excluding carboxylic acids is 1. The number of rotatable bonds is 0. The minimum absolute atomic E-state index is 0.286. The molecule has 2 saturated heterocycles. The maximum Gasteiger partial charge on any atom is 0.219 e. The fourth-order valence-corrected chi connectivity index (χ4v) is 2.96. The van der Waals surface area contributed by atoms with Crippen molar-refractivity contribution in [3.63, 3.8) is 0 Å². The van der Waals surface area contributed by atoms with Gasteiger partial charge in [-0.2, -0.15) is 0 Å². The number of fused-ring (bicyclic) bond motifs is 2. The highest BCUT2D eigenvalue weighted by Crippen LogP contribution is 2.38. The molecule has 2 rings (SSSR count). The molecule has 2 heteroatoms. The van der Waals surface area contributed by atoms with E-state index in [1.165, 1.54) is 25.7 Å². The third-order valence-corrected chi connectivity index (χ3v) is 3.33. The summed E-state index contributed by atoms with van der Waals surface area (Å²) < 4.78 is 0. The lowest BCUT2D eigenvalue weighted by molar-refractivity contribution is -0.133. The van der Waals surface area contributed by atoms with E-state index in [4.69, 9.17) is 0 Å². The predicted molar refractivity (Wildman–Crippen MR) is 47.7 cm³/mol. The van der Waals surface area contributed by atoms with Crippen LogP contribution in [0.1, 0.15) is 39.5 Å². The second kappa shape index (κ2) is 2.75. The Morgan fingerprint density at radius 3 is 2.17 bits per heavy atom. The predicted octanol–water partition coefficient (Wildman–Crippen LogP) is 1.80. The maximum atomic E-state index is 11.3. The van der Waals surface area contributed by atoms with Gasteiger partial charge in [-0.05, 0) is 31.6 Å². The molecule has 2 aliphatic heterocycles. The number of nitrogens with zero attached hydrogens (tertiary/aromatic N) is 1. The van der Waals surface area contributed by atoms with Crippen molar-refractivity contribution in [1.29, 1.82) is 0 Å². The highest BCUT2D eigenvalue weighted by molar-refractivity contribution is 5.74. The molecule has 3 atom stereocenters. The Balaban J connectivity index is 2.14. The SMILES string of the molecule is CC(=O)N1[C@@H]2CC[C@H]1C[C@H](C)C2. The third kappa shape index (κ3) is 1.13. The van der Waals surface area contributed by atoms with E-state index in [2.05, 4.69) is 11.8 Å². The topological polar surface area (TPSA) is 20.3 Å². The molecule has 0 aromatic carbocycles. The summed E-state index contributed by atoms with van der Waals surface area (Å²) in [5.41, 5.74) is 0. The van der Waals surface area contributed by atoms with E-state index in [0.29, 0.717) is 12.1 Å². The second-order valence-corrected chi connectivity index (χ2v) is 4.39. The summed E-state index contributed by atoms with van der Waals surface area (Å²) in [4.78, 5) is 13.4. The molecule has 0 unspecified atom stereocenters. The maximum absolute atomic E-state index is 11.3. The monoisotopic (exact) mass is 167 g/mol. The van der Waals surface area contributed by atoms with Crippen LogP contribution in [0.4, 0.5) is 0 Å². The Hall–Kier alpha value is -0.530. The van der Waals surface area contributed by atoms with Gasteiger partial charge in [-0.1, -0.05) is 6.92 Å². The summed E-state index contributed by atoms with van der Waals surface area (Å²) in [6, 6.07) is 1.16. The molecule has 0 N–H and O–H groups in total. The number of piperidine rings is 1. The molecular formula is C10H17NO. The molecule has 2 bridgehead atoms. The summed E-state index contributed by atoms with van der Waals surface area (Å²) in [5.74, 6) is 1.12. The van der Waals surface area contributed by atoms with Crippen LogP contribution in [-0.2, 0) is 4.79 Å². The molecule has 0 saturated carbocycles. The summed E-state index contributed by atoms with van der Waals surface area (Å²) >= 11 is 0. The van der Waals surface area contributed by atoms with Gasteiger partial charge in [0, 0.05) is 19.0 Å². The number of carbonyl (C=O) groups is 1. The van der Waals surface area contributed by atoms with Gasteiger partial charge in [-0.15, -0.1) is 0 Å². The van der Waals surface area contributed by atoms with Gasteiger partial charge in [0.1, 0.15) is 0 Å². The third-order valence-electron chi connectivity index (χ3n) is 3.33. The van der Waals surface area contributed by atoms with Crippen LogP contribution in [0.15, 0.2) is 0 Å². The highest BCUT2D eigenvalue weighted by atomic mass is 16.2. The van der Waals surface area contributed by atoms with Crippen molar-refractivity contribution in [2.24, 2.45) is 5.92 Å². The molecule has 0 aromatic heterocycles. The standard InChI is InChI=1S/C10H17NO/c1-7-5-9-3-4-10(6-7)11(9)8(2)12/h7,9-10H,3-6H2,1-2H3/t7-,9-,10+. The minimum atomic E-state index is 0.286. The lowest BCUT2D eigenvalue weighted by Gasteiger charge is -2.37. The zero-order chi connectivity index (χ0) is 8.72. The molecule has 68 valence electrons. The average molecular weight is 167 g/mol. The van der Waals surface area contributed by atoms with Crippen LogP contribution >= 0.6 is 0 Å². The van der Waals surface area contributed by atoms with E-state index in [1.807, 2.05) is 0 Å². The summed E-state index contributed by atoms with van der Waals surface area (Å²) in [7, 11) is 0. The Bertz CT molecular complexity index is 188. The Labute approximate surface area is 73.9 Å². The lowest BCUT2D eigenvalue weighted by Crippen LogP contribution is -2.44. The van der Waals surface area contributed by atoms with Crippen LogP contribution in [0, 0.1) is 5.92 Å². The van der Waals surface area contributed by atoms with Crippen molar-refractivity contribution in [3.05, 3.63) is 0 Å². The molecule has 0 spiro atoms. The van der Waals surface area contributed by atoms with Crippen molar-refractivity contribution < 1.29 is 4.79 Å². The van der Waals surface area contributed by atoms with Crippen LogP contribution in [0.25, 0.3) is 0 Å². The van der Waals surface area contributed by atoms with Crippen LogP contribution in [0.5, 0.6) is 0 Å². The first kappa shape index (κ1) is 8.09. The minimum Gasteiger partial charge on any atom is -0.337 e. The van der Waals surface area contributed by atoms with Gasteiger partial charge in [-0.3, -0.25) is 4.79 Å². The van der Waals surface area contributed by atoms with Gasteiger partial charge in [0.2, 0.25) is 5.91 Å². The van der Waals surface area contributed by atoms with E-state index in [9.17, 15) is 4.79 Å². The zero-order valence-corrected chi connectivity index (χ0v) is 7.92. The Morgan fingerprint density at radius 2 is 1.75 bits per heavy atom. The van der Waals surface area contributed by atoms with E-state index in [0.717, 1.165) is 5.92 Å². The van der Waals surface area contributed by atoms with Gasteiger partial charge in [0.05, 0.1) is 0 Å². The van der Waals surface area contributed by atoms with Gasteiger partial charge < -0.3 is 4.90 Å². The van der Waals surface area contributed by atoms with Crippen LogP contribution in [-0.4, -0.2) is 22.9 Å². The second-order valence-electron chi connectivity index (χ2n) is 4.39. The van der Waals surface area contributed by atoms with Crippen molar-refractivity contribution in [1.82, 2.24) is 4.90 Å². The molecule has 0 aromatic rings. The molecule has 1 amide bonds. The fourth-order valence-electron chi connectivity index (χ4n) is 2.96. The lowest BCUT2D eigenvalue weighted by atomic mass is 9.92. The molecule has 2 fully saturated rings. The average Bonchev–Trinajstić information content (AvgIpc) is 2.24. The number of hydrogen-bond acceptors (Lipinski definition) is 1. The van der Waals surface area contributed by atoms with Gasteiger partial charge in [0.25, 0.3) is 0 Å². The van der Waals surface area contributed by atoms with E-state index in [1.54, 1.807) is 6.92 Å². The molecule has 0 radical (unpaired) electrons. The molecule has 2 nitrogen and oxygen atoms in total. The Kier molecular flexibility index (Phi) is 1.85. The quantitative estimate of drug-likeness (QED) is 0.538. The van der Waals surface area contributed by atoms with Gasteiger partial charge >= 0.3 is 0 Å². The molecule has 0 aliphatic carbocycles. The van der Waals surface area contributed by atoms with E-state index in [-0.39, 0.29) is 5.91 Å². The largest absolute Gasteiger partial charge is 0.337 e. The molecular weight excluding hydrogens is 150 g/mol. The van der Waals surface area contributed by atoms with Crippen molar-refractivity contribution in [2.75, 3.05) is 0 Å². The summed E-state index contributed by atoms with van der Waals surface area (Å²) in [5, 5.41) is 0.